The van der Waals surface area contributed by atoms with Crippen molar-refractivity contribution in [3.63, 3.8) is 0 Å². The van der Waals surface area contributed by atoms with Gasteiger partial charge in [-0.15, -0.1) is 0 Å². The van der Waals surface area contributed by atoms with E-state index in [1.165, 1.54) is 57.3 Å². The first-order valence-corrected chi connectivity index (χ1v) is 12.0. The Kier molecular flexibility index (Phi) is 9.65. The molecule has 166 valence electrons. The number of pyridine rings is 1. The third kappa shape index (κ3) is 5.77. The second-order valence-electron chi connectivity index (χ2n) is 7.42. The van der Waals surface area contributed by atoms with E-state index in [2.05, 4.69) is 20.6 Å². The lowest BCUT2D eigenvalue weighted by molar-refractivity contribution is 0.226. The summed E-state index contributed by atoms with van der Waals surface area (Å²) in [7, 11) is 1.50. The summed E-state index contributed by atoms with van der Waals surface area (Å²) in [6.45, 7) is 8.18. The predicted octanol–water partition coefficient (Wildman–Crippen LogP) is 5.33. The maximum absolute atomic E-state index is 6.24. The minimum Gasteiger partial charge on any atom is -0.382 e. The number of halogens is 1. The largest absolute Gasteiger partial charge is 0.382 e. The van der Waals surface area contributed by atoms with Crippen molar-refractivity contribution in [1.82, 2.24) is 15.0 Å². The number of hydrogen-bond acceptors (Lipinski definition) is 7. The second-order valence-corrected chi connectivity index (χ2v) is 8.83. The zero-order valence-corrected chi connectivity index (χ0v) is 20.2. The van der Waals surface area contributed by atoms with E-state index in [9.17, 15) is 0 Å². The second kappa shape index (κ2) is 11.7. The summed E-state index contributed by atoms with van der Waals surface area (Å²) < 4.78 is 0. The lowest BCUT2D eigenvalue weighted by atomic mass is 9.77. The molecule has 1 saturated carbocycles. The van der Waals surface area contributed by atoms with Crippen LogP contribution in [0, 0.1) is 12.3 Å². The fourth-order valence-electron chi connectivity index (χ4n) is 4.17. The molecule has 1 spiro atoms. The molecule has 6 nitrogen and oxygen atoms in total. The first-order valence-electron chi connectivity index (χ1n) is 10.8. The molecule has 2 aromatic rings. The number of rotatable bonds is 3. The van der Waals surface area contributed by atoms with Gasteiger partial charge < -0.3 is 16.4 Å². The Morgan fingerprint density at radius 3 is 2.30 bits per heavy atom. The Morgan fingerprint density at radius 1 is 1.07 bits per heavy atom. The van der Waals surface area contributed by atoms with Crippen molar-refractivity contribution in [3.05, 3.63) is 29.2 Å². The van der Waals surface area contributed by atoms with Crippen LogP contribution in [0.3, 0.4) is 0 Å². The van der Waals surface area contributed by atoms with Crippen molar-refractivity contribution in [1.29, 1.82) is 0 Å². The third-order valence-corrected chi connectivity index (χ3v) is 7.45. The first kappa shape index (κ1) is 24.7. The van der Waals surface area contributed by atoms with E-state index in [0.717, 1.165) is 34.5 Å². The summed E-state index contributed by atoms with van der Waals surface area (Å²) in [6.07, 6.45) is 11.8. The van der Waals surface area contributed by atoms with E-state index in [1.54, 1.807) is 6.20 Å². The molecule has 4 N–H and O–H groups in total. The SMILES string of the molecule is CC.CN.Cc1nc(N2CCC3(CCCC3)CC2)cnc1Sc1ccnc(N)c1Cl. The summed E-state index contributed by atoms with van der Waals surface area (Å²) in [5, 5.41) is 1.33. The van der Waals surface area contributed by atoms with Crippen molar-refractivity contribution >= 4 is 35.0 Å². The van der Waals surface area contributed by atoms with E-state index >= 15 is 0 Å². The van der Waals surface area contributed by atoms with Gasteiger partial charge in [-0.05, 0) is 51.1 Å². The van der Waals surface area contributed by atoms with Crippen LogP contribution < -0.4 is 16.4 Å². The molecule has 2 fully saturated rings. The van der Waals surface area contributed by atoms with Crippen LogP contribution in [0.1, 0.15) is 58.1 Å². The fourth-order valence-corrected chi connectivity index (χ4v) is 5.23. The molecule has 2 aliphatic rings. The molecule has 2 aromatic heterocycles. The summed E-state index contributed by atoms with van der Waals surface area (Å²) in [6, 6.07) is 1.85. The highest BCUT2D eigenvalue weighted by molar-refractivity contribution is 7.99. The van der Waals surface area contributed by atoms with Crippen LogP contribution in [0.5, 0.6) is 0 Å². The van der Waals surface area contributed by atoms with Gasteiger partial charge >= 0.3 is 0 Å². The molecule has 8 heteroatoms. The Bertz CT molecular complexity index is 800. The highest BCUT2D eigenvalue weighted by atomic mass is 35.5. The van der Waals surface area contributed by atoms with E-state index in [4.69, 9.17) is 22.3 Å². The number of aromatic nitrogens is 3. The van der Waals surface area contributed by atoms with E-state index in [1.807, 2.05) is 33.0 Å². The van der Waals surface area contributed by atoms with Gasteiger partial charge in [-0.2, -0.15) is 0 Å². The van der Waals surface area contributed by atoms with Gasteiger partial charge in [0.2, 0.25) is 0 Å². The number of hydrogen-bond donors (Lipinski definition) is 2. The number of anilines is 2. The molecule has 1 saturated heterocycles. The Labute approximate surface area is 190 Å². The molecule has 30 heavy (non-hydrogen) atoms. The molecular formula is C22H35ClN6S. The summed E-state index contributed by atoms with van der Waals surface area (Å²) in [5.41, 5.74) is 11.8. The average Bonchev–Trinajstić information content (AvgIpc) is 3.24. The smallest absolute Gasteiger partial charge is 0.147 e. The van der Waals surface area contributed by atoms with Crippen LogP contribution in [0.2, 0.25) is 5.02 Å². The monoisotopic (exact) mass is 450 g/mol. The van der Waals surface area contributed by atoms with E-state index < -0.39 is 0 Å². The van der Waals surface area contributed by atoms with Crippen LogP contribution in [-0.2, 0) is 0 Å². The summed E-state index contributed by atoms with van der Waals surface area (Å²) >= 11 is 7.72. The van der Waals surface area contributed by atoms with Gasteiger partial charge in [0.1, 0.15) is 16.7 Å². The number of aryl methyl sites for hydroxylation is 1. The normalized spacial score (nSPS) is 17.1. The van der Waals surface area contributed by atoms with Crippen molar-refractivity contribution in [2.75, 3.05) is 30.8 Å². The van der Waals surface area contributed by atoms with E-state index in [0.29, 0.717) is 16.3 Å². The van der Waals surface area contributed by atoms with Crippen molar-refractivity contribution in [3.8, 4) is 0 Å². The van der Waals surface area contributed by atoms with Gasteiger partial charge in [0.15, 0.2) is 0 Å². The maximum Gasteiger partial charge on any atom is 0.147 e. The van der Waals surface area contributed by atoms with E-state index in [-0.39, 0.29) is 0 Å². The first-order chi connectivity index (χ1) is 14.6. The predicted molar refractivity (Wildman–Crippen MR) is 128 cm³/mol. The molecule has 1 aliphatic carbocycles. The quantitative estimate of drug-likeness (QED) is 0.652. The number of nitrogens with zero attached hydrogens (tertiary/aromatic N) is 4. The summed E-state index contributed by atoms with van der Waals surface area (Å²) in [4.78, 5) is 16.7. The summed E-state index contributed by atoms with van der Waals surface area (Å²) in [5.74, 6) is 1.33. The minimum atomic E-state index is 0.341. The van der Waals surface area contributed by atoms with Crippen molar-refractivity contribution < 1.29 is 0 Å². The van der Waals surface area contributed by atoms with Crippen LogP contribution in [0.15, 0.2) is 28.4 Å². The Morgan fingerprint density at radius 2 is 1.70 bits per heavy atom. The number of nitrogens with two attached hydrogens (primary N) is 2. The van der Waals surface area contributed by atoms with Gasteiger partial charge in [-0.3, -0.25) is 0 Å². The standard InChI is InChI=1S/C19H24ClN5S.C2H6.CH5N/c1-13-18(26-14-4-9-22-17(21)16(14)20)23-12-15(24-13)25-10-7-19(8-11-25)5-2-3-6-19;2*1-2/h4,9,12H,2-3,5-8,10-11H2,1H3,(H2,21,22);1-2H3;2H2,1H3. The average molecular weight is 451 g/mol. The van der Waals surface area contributed by atoms with Crippen molar-refractivity contribution in [2.24, 2.45) is 11.1 Å². The van der Waals surface area contributed by atoms with Crippen LogP contribution >= 0.6 is 23.4 Å². The van der Waals surface area contributed by atoms with Gasteiger partial charge in [-0.1, -0.05) is 50.1 Å². The zero-order chi connectivity index (χ0) is 22.1. The molecular weight excluding hydrogens is 416 g/mol. The molecule has 3 heterocycles. The van der Waals surface area contributed by atoms with Crippen LogP contribution in [0.4, 0.5) is 11.6 Å². The molecule has 0 unspecified atom stereocenters. The Hall–Kier alpha value is -1.57. The zero-order valence-electron chi connectivity index (χ0n) is 18.6. The molecule has 0 radical (unpaired) electrons. The molecule has 0 amide bonds. The van der Waals surface area contributed by atoms with Gasteiger partial charge in [0, 0.05) is 24.2 Å². The van der Waals surface area contributed by atoms with Gasteiger partial charge in [-0.25, -0.2) is 15.0 Å². The lowest BCUT2D eigenvalue weighted by Crippen LogP contribution is -2.39. The topological polar surface area (TPSA) is 94.0 Å². The molecule has 0 atom stereocenters. The maximum atomic E-state index is 6.24. The lowest BCUT2D eigenvalue weighted by Gasteiger charge is -2.39. The third-order valence-electron chi connectivity index (χ3n) is 5.79. The van der Waals surface area contributed by atoms with Crippen LogP contribution in [-0.4, -0.2) is 35.1 Å². The van der Waals surface area contributed by atoms with Crippen LogP contribution in [0.25, 0.3) is 0 Å². The molecule has 1 aliphatic heterocycles. The number of nitrogen functional groups attached to an aromatic ring is 1. The van der Waals surface area contributed by atoms with Gasteiger partial charge in [0.25, 0.3) is 0 Å². The fraction of sp³-hybridized carbons (Fsp3) is 0.591. The van der Waals surface area contributed by atoms with Crippen molar-refractivity contribution in [2.45, 2.75) is 69.2 Å². The minimum absolute atomic E-state index is 0.341. The molecule has 0 bridgehead atoms. The molecule has 0 aromatic carbocycles. The molecule has 4 rings (SSSR count). The highest BCUT2D eigenvalue weighted by Crippen LogP contribution is 2.46. The van der Waals surface area contributed by atoms with Gasteiger partial charge in [0.05, 0.1) is 16.9 Å². The Balaban J connectivity index is 0.000000757. The number of piperidine rings is 1. The highest BCUT2D eigenvalue weighted by Gasteiger charge is 2.37.